The second kappa shape index (κ2) is 5.87. The van der Waals surface area contributed by atoms with E-state index < -0.39 is 11.2 Å². The lowest BCUT2D eigenvalue weighted by Gasteiger charge is -2.16. The molecule has 0 bridgehead atoms. The number of ketones is 2. The van der Waals surface area contributed by atoms with Gasteiger partial charge in [0.2, 0.25) is 11.6 Å². The van der Waals surface area contributed by atoms with Crippen LogP contribution in [0.4, 0.5) is 0 Å². The predicted octanol–water partition coefficient (Wildman–Crippen LogP) is 2.43. The smallest absolute Gasteiger partial charge is 0.204 e. The van der Waals surface area contributed by atoms with Gasteiger partial charge in [0.05, 0.1) is 14.2 Å². The second-order valence-electron chi connectivity index (χ2n) is 5.36. The van der Waals surface area contributed by atoms with Gasteiger partial charge in [-0.3, -0.25) is 9.59 Å². The molecule has 0 aliphatic carbocycles. The van der Waals surface area contributed by atoms with Crippen LogP contribution in [-0.2, 0) is 16.0 Å². The molecule has 0 unspecified atom stereocenters. The Morgan fingerprint density at radius 2 is 1.74 bits per heavy atom. The lowest BCUT2D eigenvalue weighted by atomic mass is 9.86. The number of methoxy groups -OCH3 is 2. The highest BCUT2D eigenvalue weighted by atomic mass is 16.5. The Labute approximate surface area is 113 Å². The molecule has 0 atom stereocenters. The predicted molar refractivity (Wildman–Crippen MR) is 72.7 cm³/mol. The Hall–Kier alpha value is -1.84. The summed E-state index contributed by atoms with van der Waals surface area (Å²) < 4.78 is 10.3. The van der Waals surface area contributed by atoms with Gasteiger partial charge in [0, 0.05) is 23.5 Å². The highest BCUT2D eigenvalue weighted by molar-refractivity contribution is 6.39. The summed E-state index contributed by atoms with van der Waals surface area (Å²) in [5.41, 5.74) is 0.0301. The van der Waals surface area contributed by atoms with Gasteiger partial charge in [-0.05, 0) is 6.07 Å². The second-order valence-corrected chi connectivity index (χ2v) is 5.36. The molecule has 0 saturated carbocycles. The normalized spacial score (nSPS) is 11.0. The van der Waals surface area contributed by atoms with Crippen molar-refractivity contribution in [1.82, 2.24) is 0 Å². The van der Waals surface area contributed by atoms with Crippen molar-refractivity contribution in [2.45, 2.75) is 27.2 Å². The number of carbonyl (C=O) groups is 2. The van der Waals surface area contributed by atoms with Gasteiger partial charge in [0.1, 0.15) is 11.5 Å². The first-order valence-corrected chi connectivity index (χ1v) is 6.08. The maximum Gasteiger partial charge on any atom is 0.204 e. The van der Waals surface area contributed by atoms with Crippen molar-refractivity contribution in [2.24, 2.45) is 5.41 Å². The van der Waals surface area contributed by atoms with Gasteiger partial charge in [-0.25, -0.2) is 0 Å². The van der Waals surface area contributed by atoms with E-state index in [-0.39, 0.29) is 12.2 Å². The summed E-state index contributed by atoms with van der Waals surface area (Å²) in [5, 5.41) is 0. The number of ether oxygens (including phenoxy) is 2. The van der Waals surface area contributed by atoms with E-state index in [4.69, 9.17) is 9.47 Å². The molecule has 19 heavy (non-hydrogen) atoms. The fraction of sp³-hybridized carbons (Fsp3) is 0.467. The van der Waals surface area contributed by atoms with E-state index in [1.54, 1.807) is 46.1 Å². The average Bonchev–Trinajstić information content (AvgIpc) is 2.37. The van der Waals surface area contributed by atoms with E-state index >= 15 is 0 Å². The average molecular weight is 264 g/mol. The Morgan fingerprint density at radius 1 is 1.11 bits per heavy atom. The summed E-state index contributed by atoms with van der Waals surface area (Å²) in [6, 6.07) is 5.18. The van der Waals surface area contributed by atoms with Gasteiger partial charge in [-0.15, -0.1) is 0 Å². The Bertz CT molecular complexity index is 483. The van der Waals surface area contributed by atoms with Crippen molar-refractivity contribution in [3.8, 4) is 11.5 Å². The lowest BCUT2D eigenvalue weighted by Crippen LogP contribution is -2.29. The van der Waals surface area contributed by atoms with E-state index in [1.165, 1.54) is 7.11 Å². The standard InChI is InChI=1S/C15H20O4/c1-15(2,3)14(17)12(16)8-10-6-7-11(18-4)9-13(10)19-5/h6-7,9H,8H2,1-5H3. The summed E-state index contributed by atoms with van der Waals surface area (Å²) in [7, 11) is 3.08. The summed E-state index contributed by atoms with van der Waals surface area (Å²) in [6.45, 7) is 5.20. The molecule has 0 N–H and O–H groups in total. The molecule has 0 saturated heterocycles. The van der Waals surface area contributed by atoms with Crippen molar-refractivity contribution in [2.75, 3.05) is 14.2 Å². The van der Waals surface area contributed by atoms with Crippen molar-refractivity contribution >= 4 is 11.6 Å². The van der Waals surface area contributed by atoms with Crippen LogP contribution in [-0.4, -0.2) is 25.8 Å². The van der Waals surface area contributed by atoms with Crippen LogP contribution < -0.4 is 9.47 Å². The Morgan fingerprint density at radius 3 is 2.21 bits per heavy atom. The molecule has 0 amide bonds. The molecule has 0 heterocycles. The minimum Gasteiger partial charge on any atom is -0.497 e. The van der Waals surface area contributed by atoms with E-state index in [0.717, 1.165) is 0 Å². The van der Waals surface area contributed by atoms with Gasteiger partial charge in [-0.2, -0.15) is 0 Å². The van der Waals surface area contributed by atoms with E-state index in [9.17, 15) is 9.59 Å². The number of benzene rings is 1. The maximum absolute atomic E-state index is 11.9. The van der Waals surface area contributed by atoms with Gasteiger partial charge < -0.3 is 9.47 Å². The summed E-state index contributed by atoms with van der Waals surface area (Å²) >= 11 is 0. The topological polar surface area (TPSA) is 52.6 Å². The highest BCUT2D eigenvalue weighted by Gasteiger charge is 2.28. The van der Waals surface area contributed by atoms with Crippen LogP contribution in [0.2, 0.25) is 0 Å². The van der Waals surface area contributed by atoms with Gasteiger partial charge >= 0.3 is 0 Å². The molecule has 1 aromatic carbocycles. The Kier molecular flexibility index (Phi) is 4.70. The van der Waals surface area contributed by atoms with E-state index in [2.05, 4.69) is 0 Å². The SMILES string of the molecule is COc1ccc(CC(=O)C(=O)C(C)(C)C)c(OC)c1. The lowest BCUT2D eigenvalue weighted by molar-refractivity contribution is -0.140. The molecule has 1 aromatic rings. The molecule has 4 nitrogen and oxygen atoms in total. The van der Waals surface area contributed by atoms with Crippen LogP contribution in [0, 0.1) is 5.41 Å². The first kappa shape index (κ1) is 15.2. The molecule has 1 rings (SSSR count). The first-order chi connectivity index (χ1) is 8.79. The van der Waals surface area contributed by atoms with Crippen LogP contribution in [0.25, 0.3) is 0 Å². The third kappa shape index (κ3) is 3.81. The van der Waals surface area contributed by atoms with Crippen LogP contribution >= 0.6 is 0 Å². The van der Waals surface area contributed by atoms with Crippen molar-refractivity contribution in [1.29, 1.82) is 0 Å². The molecular weight excluding hydrogens is 244 g/mol. The van der Waals surface area contributed by atoms with Crippen molar-refractivity contribution < 1.29 is 19.1 Å². The molecular formula is C15H20O4. The molecule has 104 valence electrons. The van der Waals surface area contributed by atoms with Gasteiger partial charge in [-0.1, -0.05) is 26.8 Å². The minimum atomic E-state index is -0.656. The zero-order valence-corrected chi connectivity index (χ0v) is 12.1. The van der Waals surface area contributed by atoms with Crippen LogP contribution in [0.3, 0.4) is 0 Å². The van der Waals surface area contributed by atoms with Crippen molar-refractivity contribution in [3.05, 3.63) is 23.8 Å². The molecule has 4 heteroatoms. The first-order valence-electron chi connectivity index (χ1n) is 6.08. The number of Topliss-reactive ketones (excluding diaryl/α,β-unsaturated/α-hetero) is 2. The fourth-order valence-corrected chi connectivity index (χ4v) is 1.67. The summed E-state index contributed by atoms with van der Waals surface area (Å²) in [5.74, 6) is 0.422. The van der Waals surface area contributed by atoms with Crippen LogP contribution in [0.15, 0.2) is 18.2 Å². The monoisotopic (exact) mass is 264 g/mol. The molecule has 0 radical (unpaired) electrons. The van der Waals surface area contributed by atoms with Crippen LogP contribution in [0.5, 0.6) is 11.5 Å². The molecule has 0 fully saturated rings. The maximum atomic E-state index is 11.9. The Balaban J connectivity index is 2.94. The minimum absolute atomic E-state index is 0.0449. The van der Waals surface area contributed by atoms with E-state index in [1.807, 2.05) is 0 Å². The quantitative estimate of drug-likeness (QED) is 0.766. The molecule has 0 aliphatic rings. The van der Waals surface area contributed by atoms with Gasteiger partial charge in [0.25, 0.3) is 0 Å². The summed E-state index contributed by atoms with van der Waals surface area (Å²) in [6.07, 6.45) is 0.0449. The zero-order valence-electron chi connectivity index (χ0n) is 12.1. The third-order valence-corrected chi connectivity index (χ3v) is 2.78. The van der Waals surface area contributed by atoms with Crippen molar-refractivity contribution in [3.63, 3.8) is 0 Å². The molecule has 0 aliphatic heterocycles. The number of carbonyl (C=O) groups excluding carboxylic acids is 2. The number of hydrogen-bond donors (Lipinski definition) is 0. The molecule has 0 spiro atoms. The number of hydrogen-bond acceptors (Lipinski definition) is 4. The van der Waals surface area contributed by atoms with E-state index in [0.29, 0.717) is 17.1 Å². The number of rotatable bonds is 5. The third-order valence-electron chi connectivity index (χ3n) is 2.78. The largest absolute Gasteiger partial charge is 0.497 e. The summed E-state index contributed by atoms with van der Waals surface area (Å²) in [4.78, 5) is 23.8. The fourth-order valence-electron chi connectivity index (χ4n) is 1.67. The zero-order chi connectivity index (χ0) is 14.6. The van der Waals surface area contributed by atoms with Crippen LogP contribution in [0.1, 0.15) is 26.3 Å². The molecule has 0 aromatic heterocycles. The highest BCUT2D eigenvalue weighted by Crippen LogP contribution is 2.26. The van der Waals surface area contributed by atoms with Gasteiger partial charge in [0.15, 0.2) is 0 Å².